The van der Waals surface area contributed by atoms with E-state index >= 15 is 0 Å². The van der Waals surface area contributed by atoms with E-state index < -0.39 is 0 Å². The van der Waals surface area contributed by atoms with Gasteiger partial charge in [0, 0.05) is 0 Å². The van der Waals surface area contributed by atoms with Crippen LogP contribution in [0.4, 0.5) is 0 Å². The van der Waals surface area contributed by atoms with E-state index in [-0.39, 0.29) is 0 Å². The SMILES string of the molecule is c1ccc(C2CC[C@H]3C(CC[C@H]4[C@@H]5CCC[C@H]5CC[C@@H]43)C2)cc1. The second-order valence-electron chi connectivity index (χ2n) is 9.18. The smallest absolute Gasteiger partial charge is 0.0159 e. The number of benzene rings is 1. The number of fused-ring (bicyclic) bond motifs is 5. The topological polar surface area (TPSA) is 0 Å². The van der Waals surface area contributed by atoms with Crippen molar-refractivity contribution < 1.29 is 0 Å². The Balaban J connectivity index is 1.32. The Labute approximate surface area is 142 Å². The Kier molecular flexibility index (Phi) is 3.76. The highest BCUT2D eigenvalue weighted by Crippen LogP contribution is 2.59. The van der Waals surface area contributed by atoms with E-state index in [1.165, 1.54) is 19.3 Å². The Hall–Kier alpha value is -0.780. The van der Waals surface area contributed by atoms with Gasteiger partial charge >= 0.3 is 0 Å². The second-order valence-corrected chi connectivity index (χ2v) is 9.18. The minimum absolute atomic E-state index is 0.858. The van der Waals surface area contributed by atoms with Crippen molar-refractivity contribution in [2.75, 3.05) is 0 Å². The number of hydrogen-bond acceptors (Lipinski definition) is 0. The molecule has 1 aromatic carbocycles. The van der Waals surface area contributed by atoms with Gasteiger partial charge in [-0.25, -0.2) is 0 Å². The predicted molar refractivity (Wildman–Crippen MR) is 96.3 cm³/mol. The lowest BCUT2D eigenvalue weighted by molar-refractivity contribution is -0.0221. The van der Waals surface area contributed by atoms with Gasteiger partial charge in [-0.15, -0.1) is 0 Å². The summed E-state index contributed by atoms with van der Waals surface area (Å²) in [7, 11) is 0. The van der Waals surface area contributed by atoms with Crippen molar-refractivity contribution in [3.05, 3.63) is 35.9 Å². The molecular formula is C23H32. The largest absolute Gasteiger partial charge is 0.0622 e. The van der Waals surface area contributed by atoms with Gasteiger partial charge in [0.15, 0.2) is 0 Å². The highest BCUT2D eigenvalue weighted by Gasteiger charge is 2.49. The van der Waals surface area contributed by atoms with Gasteiger partial charge in [-0.2, -0.15) is 0 Å². The van der Waals surface area contributed by atoms with E-state index in [0.717, 1.165) is 41.4 Å². The summed E-state index contributed by atoms with van der Waals surface area (Å²) in [6.45, 7) is 0. The van der Waals surface area contributed by atoms with Crippen molar-refractivity contribution in [3.8, 4) is 0 Å². The van der Waals surface area contributed by atoms with Crippen LogP contribution < -0.4 is 0 Å². The zero-order valence-electron chi connectivity index (χ0n) is 14.5. The zero-order chi connectivity index (χ0) is 15.2. The van der Waals surface area contributed by atoms with Gasteiger partial charge in [0.25, 0.3) is 0 Å². The molecule has 23 heavy (non-hydrogen) atoms. The molecule has 4 fully saturated rings. The molecule has 0 N–H and O–H groups in total. The fourth-order valence-corrected chi connectivity index (χ4v) is 7.50. The van der Waals surface area contributed by atoms with Crippen molar-refractivity contribution in [2.45, 2.75) is 70.1 Å². The first kappa shape index (κ1) is 14.6. The molecule has 0 amide bonds. The summed E-state index contributed by atoms with van der Waals surface area (Å²) in [4.78, 5) is 0. The first-order chi connectivity index (χ1) is 11.4. The molecule has 7 atom stereocenters. The van der Waals surface area contributed by atoms with Crippen molar-refractivity contribution in [1.29, 1.82) is 0 Å². The molecule has 4 aliphatic rings. The Morgan fingerprint density at radius 1 is 0.565 bits per heavy atom. The van der Waals surface area contributed by atoms with Crippen LogP contribution in [-0.4, -0.2) is 0 Å². The standard InChI is InChI=1S/C23H32/c1-2-5-16(6-3-1)18-10-12-21-19(15-18)11-14-22-20-8-4-7-17(20)9-13-23(21)22/h1-3,5-6,17-23H,4,7-15H2/t17-,18?,19?,20+,21-,22-,23+/m0/s1. The number of rotatable bonds is 1. The van der Waals surface area contributed by atoms with Crippen LogP contribution in [0.2, 0.25) is 0 Å². The summed E-state index contributed by atoms with van der Waals surface area (Å²) in [6, 6.07) is 11.4. The van der Waals surface area contributed by atoms with Crippen molar-refractivity contribution >= 4 is 0 Å². The highest BCUT2D eigenvalue weighted by molar-refractivity contribution is 5.20. The van der Waals surface area contributed by atoms with E-state index in [1.807, 2.05) is 0 Å². The van der Waals surface area contributed by atoms with Crippen molar-refractivity contribution in [3.63, 3.8) is 0 Å². The molecule has 1 aromatic rings. The third-order valence-corrected chi connectivity index (χ3v) is 8.42. The molecule has 0 nitrogen and oxygen atoms in total. The molecule has 0 saturated heterocycles. The summed E-state index contributed by atoms with van der Waals surface area (Å²) in [6.07, 6.45) is 15.5. The molecule has 0 heteroatoms. The van der Waals surface area contributed by atoms with Crippen molar-refractivity contribution in [2.24, 2.45) is 35.5 Å². The summed E-state index contributed by atoms with van der Waals surface area (Å²) in [5, 5.41) is 0. The molecule has 0 aromatic heterocycles. The fourth-order valence-electron chi connectivity index (χ4n) is 7.50. The quantitative estimate of drug-likeness (QED) is 0.561. The first-order valence-electron chi connectivity index (χ1n) is 10.4. The molecule has 0 bridgehead atoms. The van der Waals surface area contributed by atoms with Crippen LogP contribution in [0, 0.1) is 35.5 Å². The highest BCUT2D eigenvalue weighted by atomic mass is 14.5. The maximum Gasteiger partial charge on any atom is -0.0159 e. The van der Waals surface area contributed by atoms with E-state index in [9.17, 15) is 0 Å². The van der Waals surface area contributed by atoms with Crippen LogP contribution in [-0.2, 0) is 0 Å². The third kappa shape index (κ3) is 2.48. The van der Waals surface area contributed by atoms with E-state index in [2.05, 4.69) is 30.3 Å². The fraction of sp³-hybridized carbons (Fsp3) is 0.739. The van der Waals surface area contributed by atoms with Crippen LogP contribution in [0.3, 0.4) is 0 Å². The van der Waals surface area contributed by atoms with E-state index in [1.54, 1.807) is 50.5 Å². The molecular weight excluding hydrogens is 276 g/mol. The van der Waals surface area contributed by atoms with Crippen LogP contribution >= 0.6 is 0 Å². The van der Waals surface area contributed by atoms with Gasteiger partial charge in [0.1, 0.15) is 0 Å². The molecule has 0 heterocycles. The van der Waals surface area contributed by atoms with Gasteiger partial charge in [-0.1, -0.05) is 43.2 Å². The summed E-state index contributed by atoms with van der Waals surface area (Å²) in [5.74, 6) is 7.52. The lowest BCUT2D eigenvalue weighted by atomic mass is 9.52. The summed E-state index contributed by atoms with van der Waals surface area (Å²) in [5.41, 5.74) is 1.62. The Morgan fingerprint density at radius 3 is 2.09 bits per heavy atom. The Morgan fingerprint density at radius 2 is 1.26 bits per heavy atom. The lowest BCUT2D eigenvalue weighted by Crippen LogP contribution is -2.44. The van der Waals surface area contributed by atoms with Gasteiger partial charge < -0.3 is 0 Å². The maximum absolute atomic E-state index is 2.38. The third-order valence-electron chi connectivity index (χ3n) is 8.42. The second kappa shape index (κ2) is 5.94. The van der Waals surface area contributed by atoms with Crippen LogP contribution in [0.15, 0.2) is 30.3 Å². The van der Waals surface area contributed by atoms with Crippen LogP contribution in [0.5, 0.6) is 0 Å². The molecule has 2 unspecified atom stereocenters. The molecule has 124 valence electrons. The molecule has 0 radical (unpaired) electrons. The molecule has 5 rings (SSSR count). The minimum atomic E-state index is 0.858. The van der Waals surface area contributed by atoms with Gasteiger partial charge in [0.05, 0.1) is 0 Å². The first-order valence-corrected chi connectivity index (χ1v) is 10.4. The average molecular weight is 309 g/mol. The van der Waals surface area contributed by atoms with Crippen molar-refractivity contribution in [1.82, 2.24) is 0 Å². The normalized spacial score (nSPS) is 45.8. The molecule has 0 spiro atoms. The van der Waals surface area contributed by atoms with E-state index in [0.29, 0.717) is 0 Å². The van der Waals surface area contributed by atoms with Crippen LogP contribution in [0.25, 0.3) is 0 Å². The number of hydrogen-bond donors (Lipinski definition) is 0. The minimum Gasteiger partial charge on any atom is -0.0622 e. The Bertz CT molecular complexity index is 532. The molecule has 4 aliphatic carbocycles. The average Bonchev–Trinajstić information content (AvgIpc) is 3.10. The molecule has 0 aliphatic heterocycles. The van der Waals surface area contributed by atoms with E-state index in [4.69, 9.17) is 0 Å². The van der Waals surface area contributed by atoms with Crippen LogP contribution in [0.1, 0.15) is 75.7 Å². The summed E-state index contributed by atoms with van der Waals surface area (Å²) < 4.78 is 0. The van der Waals surface area contributed by atoms with Gasteiger partial charge in [-0.05, 0) is 98.4 Å². The predicted octanol–water partition coefficient (Wildman–Crippen LogP) is 6.42. The van der Waals surface area contributed by atoms with Gasteiger partial charge in [-0.3, -0.25) is 0 Å². The lowest BCUT2D eigenvalue weighted by Gasteiger charge is -2.53. The molecule has 4 saturated carbocycles. The maximum atomic E-state index is 2.38. The van der Waals surface area contributed by atoms with Gasteiger partial charge in [0.2, 0.25) is 0 Å². The monoisotopic (exact) mass is 308 g/mol. The summed E-state index contributed by atoms with van der Waals surface area (Å²) >= 11 is 0. The zero-order valence-corrected chi connectivity index (χ0v) is 14.5.